The second-order valence-corrected chi connectivity index (χ2v) is 9.23. The molecule has 29 heavy (non-hydrogen) atoms. The smallest absolute Gasteiger partial charge is 0.291 e. The molecule has 8 heteroatoms. The van der Waals surface area contributed by atoms with Gasteiger partial charge in [0.1, 0.15) is 5.76 Å². The minimum Gasteiger partial charge on any atom is -0.455 e. The van der Waals surface area contributed by atoms with Crippen LogP contribution in [0.4, 0.5) is 5.69 Å². The summed E-state index contributed by atoms with van der Waals surface area (Å²) in [4.78, 5) is 12.6. The summed E-state index contributed by atoms with van der Waals surface area (Å²) in [5, 5.41) is 3.25. The number of rotatable bonds is 6. The Labute approximate surface area is 175 Å². The van der Waals surface area contributed by atoms with Crippen LogP contribution in [-0.2, 0) is 16.6 Å². The van der Waals surface area contributed by atoms with Crippen molar-refractivity contribution in [2.24, 2.45) is 0 Å². The summed E-state index contributed by atoms with van der Waals surface area (Å²) in [6, 6.07) is 14.9. The zero-order chi connectivity index (χ0) is 21.2. The number of nitrogens with one attached hydrogen (secondary N) is 1. The van der Waals surface area contributed by atoms with Crippen LogP contribution in [0.2, 0.25) is 5.02 Å². The van der Waals surface area contributed by atoms with Crippen molar-refractivity contribution in [3.63, 3.8) is 0 Å². The molecule has 0 spiro atoms. The Balaban J connectivity index is 1.71. The average Bonchev–Trinajstić information content (AvgIpc) is 3.13. The van der Waals surface area contributed by atoms with Crippen molar-refractivity contribution in [2.45, 2.75) is 25.3 Å². The number of halogens is 1. The summed E-state index contributed by atoms with van der Waals surface area (Å²) in [6.07, 6.45) is 0. The van der Waals surface area contributed by atoms with Crippen LogP contribution in [0.25, 0.3) is 0 Å². The molecule has 0 saturated carbocycles. The van der Waals surface area contributed by atoms with Crippen molar-refractivity contribution in [1.82, 2.24) is 4.31 Å². The molecular weight excluding hydrogens is 412 g/mol. The normalized spacial score (nSPS) is 11.6. The predicted molar refractivity (Wildman–Crippen MR) is 113 cm³/mol. The predicted octanol–water partition coefficient (Wildman–Crippen LogP) is 4.62. The number of amides is 1. The lowest BCUT2D eigenvalue weighted by atomic mass is 10.2. The molecular formula is C21H21ClN2O4S. The van der Waals surface area contributed by atoms with Crippen LogP contribution in [0.5, 0.6) is 0 Å². The summed E-state index contributed by atoms with van der Waals surface area (Å²) >= 11 is 5.97. The van der Waals surface area contributed by atoms with Crippen molar-refractivity contribution in [3.8, 4) is 0 Å². The first-order chi connectivity index (χ1) is 13.7. The highest BCUT2D eigenvalue weighted by molar-refractivity contribution is 7.89. The molecule has 1 aromatic heterocycles. The minimum absolute atomic E-state index is 0.000315. The summed E-state index contributed by atoms with van der Waals surface area (Å²) in [6.45, 7) is 3.74. The van der Waals surface area contributed by atoms with Crippen LogP contribution in [0, 0.1) is 13.8 Å². The van der Waals surface area contributed by atoms with Gasteiger partial charge in [-0.3, -0.25) is 4.79 Å². The number of benzene rings is 2. The van der Waals surface area contributed by atoms with E-state index in [0.717, 1.165) is 11.1 Å². The van der Waals surface area contributed by atoms with E-state index in [1.165, 1.54) is 17.4 Å². The molecule has 3 aromatic rings. The fourth-order valence-corrected chi connectivity index (χ4v) is 4.00. The molecule has 0 saturated heterocycles. The van der Waals surface area contributed by atoms with Gasteiger partial charge < -0.3 is 9.73 Å². The lowest BCUT2D eigenvalue weighted by molar-refractivity contribution is 0.0994. The summed E-state index contributed by atoms with van der Waals surface area (Å²) < 4.78 is 32.1. The summed E-state index contributed by atoms with van der Waals surface area (Å²) in [5.74, 6) is 0.00215. The van der Waals surface area contributed by atoms with Gasteiger partial charge in [0.2, 0.25) is 10.0 Å². The molecule has 152 valence electrons. The van der Waals surface area contributed by atoms with E-state index in [2.05, 4.69) is 5.32 Å². The zero-order valence-electron chi connectivity index (χ0n) is 16.3. The lowest BCUT2D eigenvalue weighted by Crippen LogP contribution is -2.26. The number of furan rings is 1. The van der Waals surface area contributed by atoms with Gasteiger partial charge >= 0.3 is 0 Å². The van der Waals surface area contributed by atoms with Crippen molar-refractivity contribution in [3.05, 3.63) is 82.3 Å². The lowest BCUT2D eigenvalue weighted by Gasteiger charge is -2.16. The fourth-order valence-electron chi connectivity index (χ4n) is 2.69. The van der Waals surface area contributed by atoms with Crippen LogP contribution in [-0.4, -0.2) is 25.7 Å². The van der Waals surface area contributed by atoms with Crippen molar-refractivity contribution < 1.29 is 17.6 Å². The van der Waals surface area contributed by atoms with Gasteiger partial charge in [0.15, 0.2) is 5.76 Å². The first-order valence-corrected chi connectivity index (χ1v) is 10.7. The number of sulfonamides is 1. The molecule has 0 aliphatic carbocycles. The topological polar surface area (TPSA) is 79.6 Å². The van der Waals surface area contributed by atoms with Gasteiger partial charge in [-0.05, 0) is 55.8 Å². The molecule has 0 aliphatic rings. The third-order valence-corrected chi connectivity index (χ3v) is 6.49. The Morgan fingerprint density at radius 1 is 1.07 bits per heavy atom. The van der Waals surface area contributed by atoms with Crippen LogP contribution in [0.3, 0.4) is 0 Å². The van der Waals surface area contributed by atoms with E-state index in [1.807, 2.05) is 13.8 Å². The number of anilines is 1. The SMILES string of the molecule is Cc1ccc(S(=O)(=O)N(C)Cc2ccc(C(=O)Nc3cc(Cl)ccc3C)o2)cc1. The van der Waals surface area contributed by atoms with Crippen LogP contribution in [0.1, 0.15) is 27.4 Å². The Morgan fingerprint density at radius 2 is 1.76 bits per heavy atom. The van der Waals surface area contributed by atoms with Crippen molar-refractivity contribution >= 4 is 33.2 Å². The Morgan fingerprint density at radius 3 is 2.45 bits per heavy atom. The maximum atomic E-state index is 12.7. The third kappa shape index (κ3) is 4.87. The first-order valence-electron chi connectivity index (χ1n) is 8.86. The first kappa shape index (κ1) is 21.1. The molecule has 0 radical (unpaired) electrons. The maximum absolute atomic E-state index is 12.7. The molecule has 1 heterocycles. The van der Waals surface area contributed by atoms with Crippen LogP contribution < -0.4 is 5.32 Å². The number of aryl methyl sites for hydroxylation is 2. The van der Waals surface area contributed by atoms with E-state index in [1.54, 1.807) is 48.5 Å². The van der Waals surface area contributed by atoms with E-state index in [9.17, 15) is 13.2 Å². The monoisotopic (exact) mass is 432 g/mol. The molecule has 1 amide bonds. The molecule has 2 aromatic carbocycles. The van der Waals surface area contributed by atoms with Crippen molar-refractivity contribution in [1.29, 1.82) is 0 Å². The fraction of sp³-hybridized carbons (Fsp3) is 0.190. The Kier molecular flexibility index (Phi) is 6.12. The molecule has 0 fully saturated rings. The van der Waals surface area contributed by atoms with Gasteiger partial charge in [-0.15, -0.1) is 0 Å². The summed E-state index contributed by atoms with van der Waals surface area (Å²) in [7, 11) is -2.20. The highest BCUT2D eigenvalue weighted by atomic mass is 35.5. The van der Waals surface area contributed by atoms with E-state index in [0.29, 0.717) is 16.5 Å². The number of carbonyl (C=O) groups excluding carboxylic acids is 1. The Hall–Kier alpha value is -2.61. The van der Waals surface area contributed by atoms with E-state index < -0.39 is 15.9 Å². The van der Waals surface area contributed by atoms with Gasteiger partial charge in [0, 0.05) is 17.8 Å². The second-order valence-electron chi connectivity index (χ2n) is 6.75. The molecule has 1 N–H and O–H groups in total. The van der Waals surface area contributed by atoms with Crippen molar-refractivity contribution in [2.75, 3.05) is 12.4 Å². The molecule has 0 bridgehead atoms. The van der Waals surface area contributed by atoms with E-state index >= 15 is 0 Å². The molecule has 3 rings (SSSR count). The second kappa shape index (κ2) is 8.41. The van der Waals surface area contributed by atoms with Crippen LogP contribution >= 0.6 is 11.6 Å². The maximum Gasteiger partial charge on any atom is 0.291 e. The molecule has 6 nitrogen and oxygen atoms in total. The Bertz CT molecular complexity index is 1140. The third-order valence-electron chi connectivity index (χ3n) is 4.44. The standard InChI is InChI=1S/C21H21ClN2O4S/c1-14-4-9-18(10-5-14)29(26,27)24(3)13-17-8-11-20(28-17)21(25)23-19-12-16(22)7-6-15(19)2/h4-12H,13H2,1-3H3,(H,23,25). The number of carbonyl (C=O) groups is 1. The highest BCUT2D eigenvalue weighted by Crippen LogP contribution is 2.22. The number of hydrogen-bond acceptors (Lipinski definition) is 4. The largest absolute Gasteiger partial charge is 0.455 e. The summed E-state index contributed by atoms with van der Waals surface area (Å²) in [5.41, 5.74) is 2.42. The highest BCUT2D eigenvalue weighted by Gasteiger charge is 2.22. The number of nitrogens with zero attached hydrogens (tertiary/aromatic N) is 1. The molecule has 0 aliphatic heterocycles. The quantitative estimate of drug-likeness (QED) is 0.616. The van der Waals surface area contributed by atoms with E-state index in [4.69, 9.17) is 16.0 Å². The van der Waals surface area contributed by atoms with Gasteiger partial charge in [-0.1, -0.05) is 35.4 Å². The van der Waals surface area contributed by atoms with Gasteiger partial charge in [0.05, 0.1) is 11.4 Å². The zero-order valence-corrected chi connectivity index (χ0v) is 17.8. The minimum atomic E-state index is -3.67. The number of hydrogen-bond donors (Lipinski definition) is 1. The van der Waals surface area contributed by atoms with Gasteiger partial charge in [-0.25, -0.2) is 8.42 Å². The average molecular weight is 433 g/mol. The molecule has 0 atom stereocenters. The van der Waals surface area contributed by atoms with Crippen LogP contribution in [0.15, 0.2) is 63.9 Å². The molecule has 0 unspecified atom stereocenters. The van der Waals surface area contributed by atoms with Gasteiger partial charge in [-0.2, -0.15) is 4.31 Å². The van der Waals surface area contributed by atoms with Gasteiger partial charge in [0.25, 0.3) is 5.91 Å². The van der Waals surface area contributed by atoms with E-state index in [-0.39, 0.29) is 17.2 Å².